The number of halogens is 2. The first-order valence-corrected chi connectivity index (χ1v) is 6.86. The maximum absolute atomic E-state index is 9.83. The van der Waals surface area contributed by atoms with Crippen molar-refractivity contribution in [1.82, 2.24) is 4.90 Å². The van der Waals surface area contributed by atoms with Crippen LogP contribution in [-0.4, -0.2) is 34.8 Å². The Morgan fingerprint density at radius 2 is 1.78 bits per heavy atom. The second-order valence-electron chi connectivity index (χ2n) is 4.80. The Hall–Kier alpha value is -0.480. The van der Waals surface area contributed by atoms with Crippen molar-refractivity contribution >= 4 is 23.2 Å². The van der Waals surface area contributed by atoms with E-state index in [2.05, 4.69) is 4.90 Å². The first kappa shape index (κ1) is 13.9. The van der Waals surface area contributed by atoms with Gasteiger partial charge in [-0.2, -0.15) is 0 Å². The average Bonchev–Trinajstić information content (AvgIpc) is 2.37. The van der Waals surface area contributed by atoms with E-state index in [9.17, 15) is 5.11 Å². The fourth-order valence-electron chi connectivity index (χ4n) is 2.27. The molecule has 0 spiro atoms. The van der Waals surface area contributed by atoms with Crippen molar-refractivity contribution in [3.05, 3.63) is 27.7 Å². The summed E-state index contributed by atoms with van der Waals surface area (Å²) >= 11 is 11.8. The highest BCUT2D eigenvalue weighted by Crippen LogP contribution is 2.31. The van der Waals surface area contributed by atoms with Crippen LogP contribution in [0.25, 0.3) is 0 Å². The Kier molecular flexibility index (Phi) is 4.73. The lowest BCUT2D eigenvalue weighted by atomic mass is 9.97. The summed E-state index contributed by atoms with van der Waals surface area (Å²) in [5.74, 6) is 0.609. The summed E-state index contributed by atoms with van der Waals surface area (Å²) in [4.78, 5) is 2.26. The molecule has 0 saturated carbocycles. The summed E-state index contributed by atoms with van der Waals surface area (Å²) in [5.41, 5.74) is 0.798. The predicted molar refractivity (Wildman–Crippen MR) is 73.2 cm³/mol. The van der Waals surface area contributed by atoms with Crippen LogP contribution in [0, 0.1) is 5.92 Å². The summed E-state index contributed by atoms with van der Waals surface area (Å²) in [6, 6.07) is 3.21. The molecule has 0 unspecified atom stereocenters. The van der Waals surface area contributed by atoms with E-state index in [0.29, 0.717) is 22.5 Å². The number of aliphatic hydroxyl groups excluding tert-OH is 1. The van der Waals surface area contributed by atoms with Gasteiger partial charge < -0.3 is 10.2 Å². The number of phenolic OH excluding ortho intramolecular Hbond substituents is 1. The number of aromatic hydroxyl groups is 1. The normalized spacial score (nSPS) is 18.2. The zero-order valence-corrected chi connectivity index (χ0v) is 11.6. The number of benzene rings is 1. The molecule has 3 nitrogen and oxygen atoms in total. The molecule has 2 N–H and O–H groups in total. The maximum atomic E-state index is 9.83. The Balaban J connectivity index is 2.00. The molecule has 5 heteroatoms. The number of hydrogen-bond acceptors (Lipinski definition) is 3. The monoisotopic (exact) mass is 289 g/mol. The van der Waals surface area contributed by atoms with E-state index in [1.807, 2.05) is 0 Å². The topological polar surface area (TPSA) is 43.7 Å². The molecule has 1 aliphatic heterocycles. The number of nitrogens with zero attached hydrogens (tertiary/aromatic N) is 1. The zero-order valence-electron chi connectivity index (χ0n) is 10.1. The van der Waals surface area contributed by atoms with Gasteiger partial charge in [-0.1, -0.05) is 23.2 Å². The predicted octanol–water partition coefficient (Wildman–Crippen LogP) is 2.90. The van der Waals surface area contributed by atoms with Crippen LogP contribution in [0.2, 0.25) is 10.0 Å². The molecular weight excluding hydrogens is 273 g/mol. The van der Waals surface area contributed by atoms with E-state index in [-0.39, 0.29) is 12.4 Å². The van der Waals surface area contributed by atoms with E-state index in [4.69, 9.17) is 28.3 Å². The second-order valence-corrected chi connectivity index (χ2v) is 5.61. The Morgan fingerprint density at radius 3 is 2.39 bits per heavy atom. The number of aliphatic hydroxyl groups is 1. The van der Waals surface area contributed by atoms with Crippen molar-refractivity contribution in [2.45, 2.75) is 19.4 Å². The van der Waals surface area contributed by atoms with Gasteiger partial charge in [0, 0.05) is 24.8 Å². The molecule has 1 heterocycles. The molecule has 100 valence electrons. The minimum Gasteiger partial charge on any atom is -0.508 e. The third-order valence-corrected chi connectivity index (χ3v) is 4.20. The van der Waals surface area contributed by atoms with Gasteiger partial charge in [-0.25, -0.2) is 0 Å². The molecule has 0 amide bonds. The average molecular weight is 290 g/mol. The molecule has 2 rings (SSSR count). The number of phenols is 1. The minimum atomic E-state index is 0.189. The summed E-state index contributed by atoms with van der Waals surface area (Å²) in [7, 11) is 0. The van der Waals surface area contributed by atoms with Crippen LogP contribution in [0.15, 0.2) is 12.1 Å². The molecule has 1 aliphatic rings. The van der Waals surface area contributed by atoms with Crippen molar-refractivity contribution < 1.29 is 10.2 Å². The van der Waals surface area contributed by atoms with Crippen LogP contribution in [0.1, 0.15) is 18.4 Å². The molecule has 0 aromatic heterocycles. The molecule has 1 aromatic rings. The summed E-state index contributed by atoms with van der Waals surface area (Å²) in [6.07, 6.45) is 2.00. The van der Waals surface area contributed by atoms with Gasteiger partial charge in [0.1, 0.15) is 5.75 Å². The Labute approximate surface area is 117 Å². The minimum absolute atomic E-state index is 0.189. The second kappa shape index (κ2) is 6.11. The van der Waals surface area contributed by atoms with Gasteiger partial charge in [0.05, 0.1) is 10.0 Å². The molecule has 0 aliphatic carbocycles. The number of piperidine rings is 1. The number of likely N-dealkylation sites (tertiary alicyclic amines) is 1. The van der Waals surface area contributed by atoms with Crippen molar-refractivity contribution in [3.63, 3.8) is 0 Å². The van der Waals surface area contributed by atoms with Gasteiger partial charge in [0.25, 0.3) is 0 Å². The van der Waals surface area contributed by atoms with Crippen molar-refractivity contribution in [3.8, 4) is 5.75 Å². The summed E-state index contributed by atoms with van der Waals surface area (Å²) < 4.78 is 0. The highest BCUT2D eigenvalue weighted by molar-refractivity contribution is 6.42. The summed E-state index contributed by atoms with van der Waals surface area (Å²) in [5, 5.41) is 19.8. The fourth-order valence-corrected chi connectivity index (χ4v) is 2.62. The number of hydrogen-bond donors (Lipinski definition) is 2. The van der Waals surface area contributed by atoms with E-state index in [1.54, 1.807) is 6.07 Å². The van der Waals surface area contributed by atoms with E-state index < -0.39 is 0 Å². The number of rotatable bonds is 3. The van der Waals surface area contributed by atoms with Gasteiger partial charge in [-0.05, 0) is 37.9 Å². The lowest BCUT2D eigenvalue weighted by molar-refractivity contribution is 0.127. The molecular formula is C13H17Cl2NO2. The quantitative estimate of drug-likeness (QED) is 0.899. The van der Waals surface area contributed by atoms with Gasteiger partial charge in [-0.3, -0.25) is 4.90 Å². The van der Waals surface area contributed by atoms with Crippen LogP contribution in [0.4, 0.5) is 0 Å². The van der Waals surface area contributed by atoms with Crippen molar-refractivity contribution in [1.29, 1.82) is 0 Å². The highest BCUT2D eigenvalue weighted by Gasteiger charge is 2.19. The zero-order chi connectivity index (χ0) is 13.1. The summed E-state index contributed by atoms with van der Waals surface area (Å²) in [6.45, 7) is 2.81. The third kappa shape index (κ3) is 3.29. The van der Waals surface area contributed by atoms with Crippen LogP contribution in [0.3, 0.4) is 0 Å². The maximum Gasteiger partial charge on any atom is 0.121 e. The van der Waals surface area contributed by atoms with Gasteiger partial charge in [0.15, 0.2) is 0 Å². The van der Waals surface area contributed by atoms with Crippen LogP contribution in [-0.2, 0) is 6.54 Å². The van der Waals surface area contributed by atoms with Crippen LogP contribution >= 0.6 is 23.2 Å². The lowest BCUT2D eigenvalue weighted by Gasteiger charge is -2.31. The van der Waals surface area contributed by atoms with E-state index >= 15 is 0 Å². The Morgan fingerprint density at radius 1 is 1.17 bits per heavy atom. The molecule has 0 bridgehead atoms. The first-order chi connectivity index (χ1) is 8.60. The molecule has 0 atom stereocenters. The van der Waals surface area contributed by atoms with Gasteiger partial charge in [0.2, 0.25) is 0 Å². The largest absolute Gasteiger partial charge is 0.508 e. The van der Waals surface area contributed by atoms with Crippen LogP contribution < -0.4 is 0 Å². The molecule has 1 saturated heterocycles. The standard InChI is InChI=1S/C13H17Cl2NO2/c14-11-5-10(13(18)6-12(11)15)7-16-3-1-9(8-17)2-4-16/h5-6,9,17-18H,1-4,7-8H2. The molecule has 1 fully saturated rings. The molecule has 18 heavy (non-hydrogen) atoms. The van der Waals surface area contributed by atoms with Gasteiger partial charge in [-0.15, -0.1) is 0 Å². The van der Waals surface area contributed by atoms with Crippen molar-refractivity contribution in [2.75, 3.05) is 19.7 Å². The smallest absolute Gasteiger partial charge is 0.121 e. The molecule has 1 aromatic carbocycles. The first-order valence-electron chi connectivity index (χ1n) is 6.10. The van der Waals surface area contributed by atoms with Crippen LogP contribution in [0.5, 0.6) is 5.75 Å². The fraction of sp³-hybridized carbons (Fsp3) is 0.538. The van der Waals surface area contributed by atoms with Crippen molar-refractivity contribution in [2.24, 2.45) is 5.92 Å². The van der Waals surface area contributed by atoms with E-state index in [1.165, 1.54) is 6.07 Å². The molecule has 0 radical (unpaired) electrons. The third-order valence-electron chi connectivity index (χ3n) is 3.48. The van der Waals surface area contributed by atoms with E-state index in [0.717, 1.165) is 31.5 Å². The Bertz CT molecular complexity index is 418. The lowest BCUT2D eigenvalue weighted by Crippen LogP contribution is -2.34. The van der Waals surface area contributed by atoms with Gasteiger partial charge >= 0.3 is 0 Å². The highest BCUT2D eigenvalue weighted by atomic mass is 35.5. The SMILES string of the molecule is OCC1CCN(Cc2cc(Cl)c(Cl)cc2O)CC1.